The van der Waals surface area contributed by atoms with E-state index in [1.807, 2.05) is 4.57 Å². The van der Waals surface area contributed by atoms with Crippen molar-refractivity contribution in [1.82, 2.24) is 20.2 Å². The summed E-state index contributed by atoms with van der Waals surface area (Å²) in [4.78, 5) is 28.9. The first kappa shape index (κ1) is 15.7. The van der Waals surface area contributed by atoms with Crippen LogP contribution in [-0.4, -0.2) is 34.5 Å². The largest absolute Gasteiger partial charge is 0.356 e. The van der Waals surface area contributed by atoms with Gasteiger partial charge in [-0.25, -0.2) is 4.98 Å². The minimum Gasteiger partial charge on any atom is -0.356 e. The van der Waals surface area contributed by atoms with Crippen LogP contribution in [0.3, 0.4) is 0 Å². The van der Waals surface area contributed by atoms with Crippen molar-refractivity contribution in [3.63, 3.8) is 0 Å². The zero-order valence-corrected chi connectivity index (χ0v) is 14.1. The first-order valence-corrected chi connectivity index (χ1v) is 9.30. The van der Waals surface area contributed by atoms with Crippen LogP contribution in [0.2, 0.25) is 0 Å². The maximum absolute atomic E-state index is 12.4. The van der Waals surface area contributed by atoms with E-state index in [1.165, 1.54) is 32.1 Å². The van der Waals surface area contributed by atoms with Crippen molar-refractivity contribution in [3.05, 3.63) is 17.7 Å². The molecule has 2 N–H and O–H groups in total. The van der Waals surface area contributed by atoms with Crippen LogP contribution in [0.1, 0.15) is 54.7 Å². The lowest BCUT2D eigenvalue weighted by molar-refractivity contribution is -0.126. The minimum absolute atomic E-state index is 0.00339. The van der Waals surface area contributed by atoms with Crippen LogP contribution in [-0.2, 0) is 17.8 Å². The Bertz CT molecular complexity index is 631. The standard InChI is InChI=1S/C18H26N4O2/c23-17(19-9-13-4-5-13)14-6-7-15-16(21-11-22(15)10-14)18(24)20-8-12-2-1-3-12/h11-14H,1-10H2,(H,19,23)(H,20,24). The van der Waals surface area contributed by atoms with Gasteiger partial charge in [0.25, 0.3) is 5.91 Å². The Balaban J connectivity index is 1.33. The molecule has 0 aromatic carbocycles. The second-order valence-corrected chi connectivity index (χ2v) is 7.62. The zero-order valence-electron chi connectivity index (χ0n) is 14.1. The molecule has 1 unspecified atom stereocenters. The van der Waals surface area contributed by atoms with Crippen molar-refractivity contribution in [3.8, 4) is 0 Å². The average molecular weight is 330 g/mol. The fourth-order valence-corrected chi connectivity index (χ4v) is 3.60. The highest BCUT2D eigenvalue weighted by Crippen LogP contribution is 2.28. The molecule has 1 atom stereocenters. The van der Waals surface area contributed by atoms with Gasteiger partial charge in [0.1, 0.15) is 5.69 Å². The average Bonchev–Trinajstić information content (AvgIpc) is 3.28. The molecule has 2 saturated carbocycles. The number of nitrogens with zero attached hydrogens (tertiary/aromatic N) is 2. The van der Waals surface area contributed by atoms with Crippen LogP contribution in [0, 0.1) is 17.8 Å². The number of carbonyl (C=O) groups is 2. The molecular formula is C18H26N4O2. The van der Waals surface area contributed by atoms with E-state index >= 15 is 0 Å². The van der Waals surface area contributed by atoms with Gasteiger partial charge in [0.15, 0.2) is 0 Å². The van der Waals surface area contributed by atoms with Gasteiger partial charge in [0.2, 0.25) is 5.91 Å². The molecule has 0 radical (unpaired) electrons. The van der Waals surface area contributed by atoms with Crippen molar-refractivity contribution >= 4 is 11.8 Å². The Morgan fingerprint density at radius 3 is 2.54 bits per heavy atom. The smallest absolute Gasteiger partial charge is 0.271 e. The number of aromatic nitrogens is 2. The van der Waals surface area contributed by atoms with Crippen molar-refractivity contribution in [2.24, 2.45) is 17.8 Å². The molecule has 2 amide bonds. The molecule has 130 valence electrons. The van der Waals surface area contributed by atoms with Gasteiger partial charge in [-0.1, -0.05) is 6.42 Å². The molecule has 2 aliphatic carbocycles. The number of fused-ring (bicyclic) bond motifs is 1. The predicted molar refractivity (Wildman–Crippen MR) is 89.4 cm³/mol. The van der Waals surface area contributed by atoms with Crippen molar-refractivity contribution < 1.29 is 9.59 Å². The van der Waals surface area contributed by atoms with Gasteiger partial charge in [-0.3, -0.25) is 9.59 Å². The summed E-state index contributed by atoms with van der Waals surface area (Å²) in [7, 11) is 0. The van der Waals surface area contributed by atoms with Gasteiger partial charge in [-0.05, 0) is 50.4 Å². The third-order valence-corrected chi connectivity index (χ3v) is 5.72. The van der Waals surface area contributed by atoms with Gasteiger partial charge in [-0.2, -0.15) is 0 Å². The molecule has 2 fully saturated rings. The molecule has 1 aromatic rings. The van der Waals surface area contributed by atoms with E-state index in [0.717, 1.165) is 31.6 Å². The highest BCUT2D eigenvalue weighted by Gasteiger charge is 2.30. The first-order valence-electron chi connectivity index (χ1n) is 9.30. The second-order valence-electron chi connectivity index (χ2n) is 7.62. The lowest BCUT2D eigenvalue weighted by Crippen LogP contribution is -2.37. The van der Waals surface area contributed by atoms with Crippen molar-refractivity contribution in [1.29, 1.82) is 0 Å². The van der Waals surface area contributed by atoms with Gasteiger partial charge in [-0.15, -0.1) is 0 Å². The number of carbonyl (C=O) groups excluding carboxylic acids is 2. The fraction of sp³-hybridized carbons (Fsp3) is 0.722. The molecule has 6 heteroatoms. The maximum atomic E-state index is 12.4. The van der Waals surface area contributed by atoms with Gasteiger partial charge in [0.05, 0.1) is 17.9 Å². The lowest BCUT2D eigenvalue weighted by atomic mass is 9.85. The molecule has 0 bridgehead atoms. The molecule has 24 heavy (non-hydrogen) atoms. The Hall–Kier alpha value is -1.85. The fourth-order valence-electron chi connectivity index (χ4n) is 3.60. The molecule has 4 rings (SSSR count). The molecule has 1 aromatic heterocycles. The number of hydrogen-bond acceptors (Lipinski definition) is 3. The normalized spacial score (nSPS) is 23.2. The molecule has 6 nitrogen and oxygen atoms in total. The molecule has 3 aliphatic rings. The summed E-state index contributed by atoms with van der Waals surface area (Å²) in [6.45, 7) is 2.22. The molecule has 0 saturated heterocycles. The van der Waals surface area contributed by atoms with Crippen molar-refractivity contribution in [2.75, 3.05) is 13.1 Å². The number of rotatable bonds is 6. The number of hydrogen-bond donors (Lipinski definition) is 2. The third kappa shape index (κ3) is 3.32. The predicted octanol–water partition coefficient (Wildman–Crippen LogP) is 1.50. The molecule has 1 aliphatic heterocycles. The number of amides is 2. The summed E-state index contributed by atoms with van der Waals surface area (Å²) in [6, 6.07) is 0. The van der Waals surface area contributed by atoms with Crippen LogP contribution >= 0.6 is 0 Å². The first-order chi connectivity index (χ1) is 11.7. The minimum atomic E-state index is -0.0627. The SMILES string of the molecule is O=C(NCC1CCC1)c1ncn2c1CCC(C(=O)NCC1CC1)C2. The Morgan fingerprint density at radius 1 is 1.08 bits per heavy atom. The van der Waals surface area contributed by atoms with E-state index in [-0.39, 0.29) is 17.7 Å². The lowest BCUT2D eigenvalue weighted by Gasteiger charge is -2.26. The zero-order chi connectivity index (χ0) is 16.5. The highest BCUT2D eigenvalue weighted by atomic mass is 16.2. The topological polar surface area (TPSA) is 76.0 Å². The summed E-state index contributed by atoms with van der Waals surface area (Å²) < 4.78 is 1.99. The van der Waals surface area contributed by atoms with E-state index in [1.54, 1.807) is 6.33 Å². The number of nitrogens with one attached hydrogen (secondary N) is 2. The quantitative estimate of drug-likeness (QED) is 0.830. The van der Waals surface area contributed by atoms with E-state index in [0.29, 0.717) is 24.1 Å². The number of imidazole rings is 1. The van der Waals surface area contributed by atoms with Crippen LogP contribution in [0.4, 0.5) is 0 Å². The summed E-state index contributed by atoms with van der Waals surface area (Å²) in [5.41, 5.74) is 1.53. The van der Waals surface area contributed by atoms with Gasteiger partial charge < -0.3 is 15.2 Å². The Labute approximate surface area is 142 Å². The monoisotopic (exact) mass is 330 g/mol. The third-order valence-electron chi connectivity index (χ3n) is 5.72. The van der Waals surface area contributed by atoms with E-state index < -0.39 is 0 Å². The van der Waals surface area contributed by atoms with E-state index in [4.69, 9.17) is 0 Å². The molecule has 2 heterocycles. The van der Waals surface area contributed by atoms with Crippen LogP contribution in [0.25, 0.3) is 0 Å². The highest BCUT2D eigenvalue weighted by molar-refractivity contribution is 5.93. The van der Waals surface area contributed by atoms with Crippen LogP contribution in [0.15, 0.2) is 6.33 Å². The Morgan fingerprint density at radius 2 is 1.83 bits per heavy atom. The Kier molecular flexibility index (Phi) is 4.29. The maximum Gasteiger partial charge on any atom is 0.271 e. The van der Waals surface area contributed by atoms with Crippen LogP contribution in [0.5, 0.6) is 0 Å². The van der Waals surface area contributed by atoms with Gasteiger partial charge >= 0.3 is 0 Å². The summed E-state index contributed by atoms with van der Waals surface area (Å²) in [5.74, 6) is 1.43. The second kappa shape index (κ2) is 6.57. The van der Waals surface area contributed by atoms with E-state index in [2.05, 4.69) is 15.6 Å². The van der Waals surface area contributed by atoms with Crippen LogP contribution < -0.4 is 10.6 Å². The van der Waals surface area contributed by atoms with Crippen molar-refractivity contribution in [2.45, 2.75) is 51.5 Å². The van der Waals surface area contributed by atoms with E-state index in [9.17, 15) is 9.59 Å². The summed E-state index contributed by atoms with van der Waals surface area (Å²) in [6.07, 6.45) is 9.47. The summed E-state index contributed by atoms with van der Waals surface area (Å²) >= 11 is 0. The summed E-state index contributed by atoms with van der Waals surface area (Å²) in [5, 5.41) is 6.09. The molecular weight excluding hydrogens is 304 g/mol. The van der Waals surface area contributed by atoms with Gasteiger partial charge in [0, 0.05) is 19.6 Å². The molecule has 0 spiro atoms.